The smallest absolute Gasteiger partial charge is 0.216 e. The van der Waals surface area contributed by atoms with Crippen LogP contribution in [-0.2, 0) is 6.61 Å². The van der Waals surface area contributed by atoms with Crippen LogP contribution in [0.3, 0.4) is 0 Å². The maximum absolute atomic E-state index is 5.97. The van der Waals surface area contributed by atoms with Crippen LogP contribution in [0.4, 0.5) is 0 Å². The van der Waals surface area contributed by atoms with Gasteiger partial charge in [-0.2, -0.15) is 14.9 Å². The van der Waals surface area contributed by atoms with Gasteiger partial charge < -0.3 is 9.47 Å². The Morgan fingerprint density at radius 1 is 1.07 bits per heavy atom. The van der Waals surface area contributed by atoms with Crippen LogP contribution in [0.2, 0.25) is 0 Å². The molecule has 0 atom stereocenters. The van der Waals surface area contributed by atoms with Crippen molar-refractivity contribution in [1.82, 2.24) is 19.9 Å². The van der Waals surface area contributed by atoms with Crippen molar-refractivity contribution in [3.05, 3.63) is 88.8 Å². The molecule has 2 aromatic heterocycles. The monoisotopic (exact) mass is 417 g/mol. The number of benzene rings is 2. The van der Waals surface area contributed by atoms with Crippen LogP contribution < -0.4 is 9.47 Å². The molecule has 8 heteroatoms. The van der Waals surface area contributed by atoms with Gasteiger partial charge in [-0.05, 0) is 53.7 Å². The van der Waals surface area contributed by atoms with E-state index < -0.39 is 0 Å². The number of rotatable bonds is 7. The molecule has 30 heavy (non-hydrogen) atoms. The van der Waals surface area contributed by atoms with Crippen molar-refractivity contribution in [2.45, 2.75) is 6.61 Å². The SMILES string of the molecule is COc1ccc(/C=N\n2c(-c3ccccn3)n[nH]c2=S)cc1OCc1ccccc1. The number of H-pyrrole nitrogens is 1. The first kappa shape index (κ1) is 19.5. The molecule has 4 aromatic rings. The molecule has 0 aliphatic heterocycles. The number of methoxy groups -OCH3 is 1. The van der Waals surface area contributed by atoms with Gasteiger partial charge in [-0.25, -0.2) is 5.10 Å². The molecule has 2 aromatic carbocycles. The average Bonchev–Trinajstić information content (AvgIpc) is 3.18. The zero-order valence-corrected chi connectivity index (χ0v) is 17.0. The summed E-state index contributed by atoms with van der Waals surface area (Å²) in [6.45, 7) is 0.439. The van der Waals surface area contributed by atoms with Crippen molar-refractivity contribution in [3.8, 4) is 23.0 Å². The third kappa shape index (κ3) is 4.44. The fourth-order valence-corrected chi connectivity index (χ4v) is 2.98. The third-order valence-electron chi connectivity index (χ3n) is 4.29. The number of nitrogens with zero attached hydrogens (tertiary/aromatic N) is 4. The number of hydrogen-bond acceptors (Lipinski definition) is 6. The van der Waals surface area contributed by atoms with E-state index in [9.17, 15) is 0 Å². The van der Waals surface area contributed by atoms with E-state index in [2.05, 4.69) is 20.3 Å². The normalized spacial score (nSPS) is 11.0. The topological polar surface area (TPSA) is 77.3 Å². The van der Waals surface area contributed by atoms with Gasteiger partial charge in [0.15, 0.2) is 11.5 Å². The Morgan fingerprint density at radius 2 is 1.90 bits per heavy atom. The Morgan fingerprint density at radius 3 is 2.67 bits per heavy atom. The second-order valence-corrected chi connectivity index (χ2v) is 6.69. The Bertz CT molecular complexity index is 1200. The first-order chi connectivity index (χ1) is 14.7. The lowest BCUT2D eigenvalue weighted by Gasteiger charge is -2.11. The van der Waals surface area contributed by atoms with Crippen molar-refractivity contribution in [2.24, 2.45) is 5.10 Å². The minimum absolute atomic E-state index is 0.376. The third-order valence-corrected chi connectivity index (χ3v) is 4.56. The summed E-state index contributed by atoms with van der Waals surface area (Å²) in [6.07, 6.45) is 3.38. The van der Waals surface area contributed by atoms with Gasteiger partial charge in [0, 0.05) is 6.20 Å². The molecular weight excluding hydrogens is 398 g/mol. The molecule has 0 unspecified atom stereocenters. The lowest BCUT2D eigenvalue weighted by atomic mass is 10.2. The highest BCUT2D eigenvalue weighted by atomic mass is 32.1. The number of aromatic amines is 1. The highest BCUT2D eigenvalue weighted by Gasteiger charge is 2.09. The summed E-state index contributed by atoms with van der Waals surface area (Å²) in [4.78, 5) is 4.31. The van der Waals surface area contributed by atoms with Crippen molar-refractivity contribution in [2.75, 3.05) is 7.11 Å². The van der Waals surface area contributed by atoms with Crippen molar-refractivity contribution < 1.29 is 9.47 Å². The van der Waals surface area contributed by atoms with Gasteiger partial charge >= 0.3 is 0 Å². The van der Waals surface area contributed by atoms with Gasteiger partial charge in [0.1, 0.15) is 12.3 Å². The fourth-order valence-electron chi connectivity index (χ4n) is 2.81. The van der Waals surface area contributed by atoms with Crippen LogP contribution >= 0.6 is 12.2 Å². The number of aromatic nitrogens is 4. The highest BCUT2D eigenvalue weighted by molar-refractivity contribution is 7.71. The predicted octanol–water partition coefficient (Wildman–Crippen LogP) is 4.47. The predicted molar refractivity (Wildman–Crippen MR) is 117 cm³/mol. The maximum Gasteiger partial charge on any atom is 0.216 e. The number of pyridine rings is 1. The molecule has 0 amide bonds. The summed E-state index contributed by atoms with van der Waals surface area (Å²) >= 11 is 5.31. The van der Waals surface area contributed by atoms with Gasteiger partial charge in [-0.15, -0.1) is 0 Å². The Balaban J connectivity index is 1.59. The molecule has 0 radical (unpaired) electrons. The molecule has 0 saturated heterocycles. The molecule has 2 heterocycles. The summed E-state index contributed by atoms with van der Waals surface area (Å²) in [5.74, 6) is 1.81. The second kappa shape index (κ2) is 9.15. The Kier molecular flexibility index (Phi) is 5.95. The summed E-state index contributed by atoms with van der Waals surface area (Å²) in [7, 11) is 1.61. The van der Waals surface area contributed by atoms with E-state index in [0.29, 0.717) is 34.4 Å². The van der Waals surface area contributed by atoms with Crippen LogP contribution in [0.1, 0.15) is 11.1 Å². The summed E-state index contributed by atoms with van der Waals surface area (Å²) in [6, 6.07) is 21.1. The molecule has 7 nitrogen and oxygen atoms in total. The number of nitrogens with one attached hydrogen (secondary N) is 1. The van der Waals surface area contributed by atoms with E-state index in [4.69, 9.17) is 21.7 Å². The van der Waals surface area contributed by atoms with E-state index in [1.165, 1.54) is 4.68 Å². The first-order valence-corrected chi connectivity index (χ1v) is 9.63. The Labute approximate surface area is 178 Å². The first-order valence-electron chi connectivity index (χ1n) is 9.22. The van der Waals surface area contributed by atoms with E-state index in [0.717, 1.165) is 11.1 Å². The van der Waals surface area contributed by atoms with Crippen molar-refractivity contribution in [1.29, 1.82) is 0 Å². The lowest BCUT2D eigenvalue weighted by molar-refractivity contribution is 0.284. The van der Waals surface area contributed by atoms with Crippen LogP contribution in [-0.4, -0.2) is 33.2 Å². The molecule has 0 spiro atoms. The number of hydrogen-bond donors (Lipinski definition) is 1. The standard InChI is InChI=1S/C22H19N5O2S/c1-28-19-11-10-17(13-20(19)29-15-16-7-3-2-4-8-16)14-24-27-21(25-26-22(27)30)18-9-5-6-12-23-18/h2-14H,15H2,1H3,(H,26,30)/b24-14-. The molecular formula is C22H19N5O2S. The molecule has 150 valence electrons. The minimum atomic E-state index is 0.376. The molecule has 0 bridgehead atoms. The fraction of sp³-hybridized carbons (Fsp3) is 0.0909. The quantitative estimate of drug-likeness (QED) is 0.355. The molecule has 1 N–H and O–H groups in total. The van der Waals surface area contributed by atoms with Gasteiger partial charge in [-0.3, -0.25) is 4.98 Å². The van der Waals surface area contributed by atoms with E-state index in [1.807, 2.05) is 66.7 Å². The number of ether oxygens (including phenoxy) is 2. The zero-order valence-electron chi connectivity index (χ0n) is 16.2. The highest BCUT2D eigenvalue weighted by Crippen LogP contribution is 2.28. The van der Waals surface area contributed by atoms with Crippen LogP contribution in [0.5, 0.6) is 11.5 Å². The molecule has 0 fully saturated rings. The summed E-state index contributed by atoms with van der Waals surface area (Å²) in [5, 5.41) is 11.5. The minimum Gasteiger partial charge on any atom is -0.493 e. The van der Waals surface area contributed by atoms with Gasteiger partial charge in [0.25, 0.3) is 0 Å². The van der Waals surface area contributed by atoms with Crippen molar-refractivity contribution >= 4 is 18.4 Å². The second-order valence-electron chi connectivity index (χ2n) is 6.31. The van der Waals surface area contributed by atoms with Crippen molar-refractivity contribution in [3.63, 3.8) is 0 Å². The largest absolute Gasteiger partial charge is 0.493 e. The van der Waals surface area contributed by atoms with E-state index in [-0.39, 0.29) is 0 Å². The van der Waals surface area contributed by atoms with E-state index in [1.54, 1.807) is 19.5 Å². The van der Waals surface area contributed by atoms with Gasteiger partial charge in [-0.1, -0.05) is 36.4 Å². The molecule has 0 aliphatic rings. The van der Waals surface area contributed by atoms with E-state index >= 15 is 0 Å². The lowest BCUT2D eigenvalue weighted by Crippen LogP contribution is -1.99. The van der Waals surface area contributed by atoms with Crippen LogP contribution in [0, 0.1) is 4.77 Å². The summed E-state index contributed by atoms with van der Waals surface area (Å²) < 4.78 is 13.3. The zero-order chi connectivity index (χ0) is 20.8. The summed E-state index contributed by atoms with van der Waals surface area (Å²) in [5.41, 5.74) is 2.57. The molecule has 0 saturated carbocycles. The van der Waals surface area contributed by atoms with Gasteiger partial charge in [0.05, 0.1) is 13.3 Å². The maximum atomic E-state index is 5.97. The Hall–Kier alpha value is -3.78. The van der Waals surface area contributed by atoms with Gasteiger partial charge in [0.2, 0.25) is 10.6 Å². The average molecular weight is 417 g/mol. The molecule has 4 rings (SSSR count). The molecule has 0 aliphatic carbocycles. The van der Waals surface area contributed by atoms with Crippen LogP contribution in [0.25, 0.3) is 11.5 Å². The van der Waals surface area contributed by atoms with Crippen LogP contribution in [0.15, 0.2) is 78.0 Å².